The van der Waals surface area contributed by atoms with Crippen LogP contribution in [0.25, 0.3) is 0 Å². The minimum atomic E-state index is -5.33. The van der Waals surface area contributed by atoms with E-state index < -0.39 is 179 Å². The Morgan fingerprint density at radius 3 is 1.67 bits per heavy atom. The molecule has 10 amide bonds. The number of phosphoric ester groups is 1. The SMILES string of the molecule is CC[C@H](C)[C@H](NC(=O)[C@H](C)NC(=O)CN)C(=O)N[C@@H](COP(=O)(O)O)C(=O)N[C@@H](CC(N)=O)C(=O)N[C@@H](C)C(=O)NCC(=O)N[C@@H](CO)C(=O)N[C@@H](CCC(=O)O)C(=O)N[C@@H](CCCCN)C(=O)O. The summed E-state index contributed by atoms with van der Waals surface area (Å²) < 4.78 is 16.0. The molecule has 0 saturated heterocycles. The molecule has 0 heterocycles. The summed E-state index contributed by atoms with van der Waals surface area (Å²) in [5.74, 6) is -14.4. The summed E-state index contributed by atoms with van der Waals surface area (Å²) in [6, 6.07) is -13.0. The van der Waals surface area contributed by atoms with Gasteiger partial charge in [-0.2, -0.15) is 0 Å². The Labute approximate surface area is 394 Å². The number of nitrogens with two attached hydrogens (primary N) is 3. The second-order valence-corrected chi connectivity index (χ2v) is 16.6. The van der Waals surface area contributed by atoms with Gasteiger partial charge in [-0.1, -0.05) is 20.3 Å². The first-order valence-corrected chi connectivity index (χ1v) is 22.8. The summed E-state index contributed by atoms with van der Waals surface area (Å²) in [4.78, 5) is 170. The molecule has 0 aromatic carbocycles. The number of amides is 10. The number of nitrogens with one attached hydrogen (secondary N) is 9. The van der Waals surface area contributed by atoms with Gasteiger partial charge in [-0.05, 0) is 52.0 Å². The van der Waals surface area contributed by atoms with E-state index in [9.17, 15) is 82.1 Å². The third-order valence-electron chi connectivity index (χ3n) is 9.68. The van der Waals surface area contributed by atoms with Gasteiger partial charge in [0.2, 0.25) is 59.1 Å². The standard InChI is InChI=1S/C37H65N12O19P/c1-5-17(2)29(49-31(57)19(4)42-26(52)13-39)36(62)48-24(16-68-69(65,66)67)35(61)47-22(12-25(40)51)33(59)43-18(3)30(56)41-14-27(53)44-23(15-50)34(60)45-20(9-10-28(54)55)32(58)46-21(37(63)64)8-6-7-11-38/h17-24,29,50H,5-16,38-39H2,1-4H3,(H2,40,51)(H,41,56)(H,42,52)(H,43,59)(H,44,53)(H,45,60)(H,46,58)(H,47,61)(H,48,62)(H,49,57)(H,54,55)(H,63,64)(H2,65,66,67)/t17-,18-,19-,20-,21-,22-,23-,24-,29-/m0/s1. The molecule has 0 aromatic heterocycles. The molecule has 20 N–H and O–H groups in total. The zero-order valence-electron chi connectivity index (χ0n) is 38.3. The fourth-order valence-electron chi connectivity index (χ4n) is 5.62. The van der Waals surface area contributed by atoms with E-state index in [2.05, 4.69) is 52.4 Å². The molecule has 0 bridgehead atoms. The Bertz CT molecular complexity index is 1890. The lowest BCUT2D eigenvalue weighted by Gasteiger charge is -2.28. The lowest BCUT2D eigenvalue weighted by molar-refractivity contribution is -0.143. The van der Waals surface area contributed by atoms with Crippen LogP contribution in [0.1, 0.15) is 72.6 Å². The monoisotopic (exact) mass is 1010 g/mol. The number of primary amides is 1. The van der Waals surface area contributed by atoms with Crippen LogP contribution in [0.4, 0.5) is 0 Å². The maximum Gasteiger partial charge on any atom is 0.469 e. The van der Waals surface area contributed by atoms with E-state index in [0.29, 0.717) is 12.8 Å². The van der Waals surface area contributed by atoms with E-state index >= 15 is 0 Å². The van der Waals surface area contributed by atoms with Crippen LogP contribution in [0, 0.1) is 5.92 Å². The molecule has 0 rings (SSSR count). The normalized spacial score (nSPS) is 15.0. The van der Waals surface area contributed by atoms with Gasteiger partial charge >= 0.3 is 19.8 Å². The molecule has 0 saturated carbocycles. The summed E-state index contributed by atoms with van der Waals surface area (Å²) in [6.45, 7) is 2.08. The van der Waals surface area contributed by atoms with Crippen LogP contribution in [-0.2, 0) is 66.6 Å². The van der Waals surface area contributed by atoms with Crippen molar-refractivity contribution < 1.29 is 91.7 Å². The van der Waals surface area contributed by atoms with Crippen LogP contribution in [0.5, 0.6) is 0 Å². The molecule has 0 aliphatic carbocycles. The Kier molecular flexibility index (Phi) is 28.7. The molecule has 0 fully saturated rings. The first-order chi connectivity index (χ1) is 32.1. The van der Waals surface area contributed by atoms with Crippen LogP contribution < -0.4 is 65.1 Å². The maximum absolute atomic E-state index is 13.5. The highest BCUT2D eigenvalue weighted by atomic mass is 31.2. The van der Waals surface area contributed by atoms with Gasteiger partial charge < -0.3 is 90.2 Å². The maximum atomic E-state index is 13.5. The number of hydrogen-bond acceptors (Lipinski definition) is 17. The van der Waals surface area contributed by atoms with Crippen molar-refractivity contribution in [2.45, 2.75) is 121 Å². The summed E-state index contributed by atoms with van der Waals surface area (Å²) in [6.07, 6.45) is -1.19. The Balaban J connectivity index is 5.96. The molecule has 32 heteroatoms. The lowest BCUT2D eigenvalue weighted by Crippen LogP contribution is -2.61. The van der Waals surface area contributed by atoms with Gasteiger partial charge in [-0.3, -0.25) is 57.3 Å². The van der Waals surface area contributed by atoms with Gasteiger partial charge in [0.25, 0.3) is 0 Å². The Morgan fingerprint density at radius 2 is 1.14 bits per heavy atom. The van der Waals surface area contributed by atoms with Crippen molar-refractivity contribution in [1.82, 2.24) is 47.9 Å². The van der Waals surface area contributed by atoms with E-state index in [4.69, 9.17) is 22.3 Å². The van der Waals surface area contributed by atoms with Gasteiger partial charge in [-0.15, -0.1) is 0 Å². The van der Waals surface area contributed by atoms with Crippen LogP contribution in [-0.4, -0.2) is 177 Å². The molecule has 31 nitrogen and oxygen atoms in total. The molecular formula is C37H65N12O19P. The van der Waals surface area contributed by atoms with Crippen molar-refractivity contribution in [3.8, 4) is 0 Å². The van der Waals surface area contributed by atoms with Crippen molar-refractivity contribution in [3.05, 3.63) is 0 Å². The Morgan fingerprint density at radius 1 is 0.609 bits per heavy atom. The third-order valence-corrected chi connectivity index (χ3v) is 10.2. The average Bonchev–Trinajstić information content (AvgIpc) is 3.27. The average molecular weight is 1010 g/mol. The summed E-state index contributed by atoms with van der Waals surface area (Å²) in [7, 11) is -5.33. The number of aliphatic hydroxyl groups excluding tert-OH is 1. The first-order valence-electron chi connectivity index (χ1n) is 21.2. The molecule has 0 aliphatic rings. The zero-order chi connectivity index (χ0) is 53.2. The molecule has 69 heavy (non-hydrogen) atoms. The van der Waals surface area contributed by atoms with Crippen LogP contribution >= 0.6 is 7.82 Å². The number of unbranched alkanes of at least 4 members (excludes halogenated alkanes) is 1. The number of hydrogen-bond donors (Lipinski definition) is 17. The molecule has 9 atom stereocenters. The van der Waals surface area contributed by atoms with Crippen molar-refractivity contribution in [2.24, 2.45) is 23.1 Å². The van der Waals surface area contributed by atoms with E-state index in [-0.39, 0.29) is 19.4 Å². The second kappa shape index (κ2) is 31.6. The fraction of sp³-hybridized carbons (Fsp3) is 0.676. The fourth-order valence-corrected chi connectivity index (χ4v) is 5.96. The molecule has 0 unspecified atom stereocenters. The lowest BCUT2D eigenvalue weighted by atomic mass is 9.97. The number of aliphatic carboxylic acids is 2. The largest absolute Gasteiger partial charge is 0.481 e. The van der Waals surface area contributed by atoms with Gasteiger partial charge in [0.05, 0.1) is 32.7 Å². The molecule has 0 radical (unpaired) electrons. The van der Waals surface area contributed by atoms with Crippen LogP contribution in [0.2, 0.25) is 0 Å². The van der Waals surface area contributed by atoms with Crippen molar-refractivity contribution >= 4 is 78.8 Å². The summed E-state index contributed by atoms with van der Waals surface area (Å²) >= 11 is 0. The van der Waals surface area contributed by atoms with Gasteiger partial charge in [0.15, 0.2) is 0 Å². The van der Waals surface area contributed by atoms with Gasteiger partial charge in [0, 0.05) is 6.42 Å². The molecule has 0 aromatic rings. The van der Waals surface area contributed by atoms with E-state index in [1.54, 1.807) is 6.92 Å². The quantitative estimate of drug-likeness (QED) is 0.0210. The molecule has 392 valence electrons. The number of aliphatic hydroxyl groups is 1. The van der Waals surface area contributed by atoms with Crippen molar-refractivity contribution in [2.75, 3.05) is 32.8 Å². The number of carboxylic acid groups (broad SMARTS) is 2. The van der Waals surface area contributed by atoms with E-state index in [1.807, 2.05) is 0 Å². The highest BCUT2D eigenvalue weighted by Crippen LogP contribution is 2.35. The topological polar surface area (TPSA) is 519 Å². The van der Waals surface area contributed by atoms with Crippen LogP contribution in [0.15, 0.2) is 0 Å². The minimum absolute atomic E-state index is 0.0434. The minimum Gasteiger partial charge on any atom is -0.481 e. The Hall–Kier alpha value is -6.37. The van der Waals surface area contributed by atoms with Crippen molar-refractivity contribution in [3.63, 3.8) is 0 Å². The molecule has 0 aliphatic heterocycles. The van der Waals surface area contributed by atoms with Gasteiger partial charge in [0.1, 0.15) is 48.3 Å². The molecule has 0 spiro atoms. The smallest absolute Gasteiger partial charge is 0.469 e. The second-order valence-electron chi connectivity index (χ2n) is 15.4. The van der Waals surface area contributed by atoms with E-state index in [1.165, 1.54) is 13.8 Å². The predicted octanol–water partition coefficient (Wildman–Crippen LogP) is -7.92. The van der Waals surface area contributed by atoms with E-state index in [0.717, 1.165) is 6.92 Å². The number of phosphoric acid groups is 1. The van der Waals surface area contributed by atoms with Crippen molar-refractivity contribution in [1.29, 1.82) is 0 Å². The number of carbonyl (C=O) groups is 12. The van der Waals surface area contributed by atoms with Gasteiger partial charge in [-0.25, -0.2) is 9.36 Å². The number of carbonyl (C=O) groups excluding carboxylic acids is 10. The summed E-state index contributed by atoms with van der Waals surface area (Å²) in [5.41, 5.74) is 15.9. The summed E-state index contributed by atoms with van der Waals surface area (Å²) in [5, 5.41) is 48.0. The first kappa shape index (κ1) is 62.6. The zero-order valence-corrected chi connectivity index (χ0v) is 39.2. The highest BCUT2D eigenvalue weighted by molar-refractivity contribution is 7.46. The molecular weight excluding hydrogens is 947 g/mol. The highest BCUT2D eigenvalue weighted by Gasteiger charge is 2.35. The predicted molar refractivity (Wildman–Crippen MR) is 235 cm³/mol. The van der Waals surface area contributed by atoms with Crippen LogP contribution in [0.3, 0.4) is 0 Å². The number of carboxylic acids is 2. The number of rotatable bonds is 34. The third kappa shape index (κ3) is 25.5.